The molecule has 2 aliphatic heterocycles. The highest BCUT2D eigenvalue weighted by atomic mass is 35.5. The minimum absolute atomic E-state index is 0.0484. The van der Waals surface area contributed by atoms with Crippen LogP contribution in [-0.2, 0) is 20.7 Å². The Morgan fingerprint density at radius 3 is 2.80 bits per heavy atom. The Hall–Kier alpha value is -4.25. The number of benzene rings is 2. The van der Waals surface area contributed by atoms with E-state index in [2.05, 4.69) is 20.6 Å². The van der Waals surface area contributed by atoms with Crippen molar-refractivity contribution < 1.29 is 27.9 Å². The molecule has 3 N–H and O–H groups in total. The lowest BCUT2D eigenvalue weighted by molar-refractivity contribution is -0.139. The van der Waals surface area contributed by atoms with Gasteiger partial charge in [-0.25, -0.2) is 18.6 Å². The monoisotopic (exact) mass is 583 g/mol. The number of urea groups is 1. The maximum absolute atomic E-state index is 14.7. The van der Waals surface area contributed by atoms with E-state index in [0.717, 1.165) is 12.1 Å². The van der Waals surface area contributed by atoms with Gasteiger partial charge in [-0.1, -0.05) is 35.9 Å². The molecule has 12 heteroatoms. The summed E-state index contributed by atoms with van der Waals surface area (Å²) >= 11 is 5.87. The highest BCUT2D eigenvalue weighted by Crippen LogP contribution is 2.35. The summed E-state index contributed by atoms with van der Waals surface area (Å²) in [5, 5.41) is 5.43. The number of allylic oxidation sites excluding steroid dienone is 1. The number of hydrogen-bond donors (Lipinski definition) is 3. The van der Waals surface area contributed by atoms with Crippen LogP contribution in [0.5, 0.6) is 0 Å². The number of esters is 1. The summed E-state index contributed by atoms with van der Waals surface area (Å²) in [5.41, 5.74) is 2.18. The second kappa shape index (κ2) is 12.1. The van der Waals surface area contributed by atoms with Crippen LogP contribution in [0.1, 0.15) is 54.7 Å². The van der Waals surface area contributed by atoms with Crippen molar-refractivity contribution >= 4 is 35.2 Å². The summed E-state index contributed by atoms with van der Waals surface area (Å²) in [7, 11) is 1.31. The van der Waals surface area contributed by atoms with E-state index in [4.69, 9.17) is 16.3 Å². The number of aromatic nitrogens is 2. The van der Waals surface area contributed by atoms with Crippen molar-refractivity contribution in [1.82, 2.24) is 20.2 Å². The molecule has 2 aromatic carbocycles. The molecule has 9 nitrogen and oxygen atoms in total. The smallest absolute Gasteiger partial charge is 0.318 e. The lowest BCUT2D eigenvalue weighted by Gasteiger charge is -2.37. The summed E-state index contributed by atoms with van der Waals surface area (Å²) in [6.07, 6.45) is 6.77. The molecule has 3 aromatic rings. The Morgan fingerprint density at radius 1 is 1.20 bits per heavy atom. The number of carbonyl (C=O) groups is 3. The van der Waals surface area contributed by atoms with E-state index in [0.29, 0.717) is 41.2 Å². The Morgan fingerprint density at radius 2 is 2.02 bits per heavy atom. The first-order chi connectivity index (χ1) is 19.7. The van der Waals surface area contributed by atoms with Crippen molar-refractivity contribution in [2.24, 2.45) is 0 Å². The van der Waals surface area contributed by atoms with Gasteiger partial charge in [-0.05, 0) is 43.0 Å². The number of nitrogens with zero attached hydrogens (tertiary/aromatic N) is 2. The third kappa shape index (κ3) is 6.09. The number of fused-ring (bicyclic) bond motifs is 4. The van der Waals surface area contributed by atoms with Gasteiger partial charge in [0.25, 0.3) is 0 Å². The first-order valence-electron chi connectivity index (χ1n) is 13.2. The maximum Gasteiger partial charge on any atom is 0.318 e. The summed E-state index contributed by atoms with van der Waals surface area (Å²) in [6, 6.07) is 5.62. The number of methoxy groups -OCH3 is 1. The van der Waals surface area contributed by atoms with Gasteiger partial charge in [-0.3, -0.25) is 9.59 Å². The zero-order valence-corrected chi connectivity index (χ0v) is 22.9. The number of anilines is 1. The van der Waals surface area contributed by atoms with Gasteiger partial charge < -0.3 is 25.3 Å². The van der Waals surface area contributed by atoms with Crippen LogP contribution in [0.25, 0.3) is 11.3 Å². The van der Waals surface area contributed by atoms with Crippen LogP contribution in [0.3, 0.4) is 0 Å². The van der Waals surface area contributed by atoms with Gasteiger partial charge in [0.05, 0.1) is 48.2 Å². The van der Waals surface area contributed by atoms with E-state index in [-0.39, 0.29) is 42.3 Å². The molecule has 2 aliphatic rings. The van der Waals surface area contributed by atoms with E-state index >= 15 is 0 Å². The van der Waals surface area contributed by atoms with Gasteiger partial charge in [0, 0.05) is 24.1 Å². The van der Waals surface area contributed by atoms with E-state index in [1.54, 1.807) is 29.3 Å². The molecule has 2 bridgehead atoms. The molecule has 0 saturated carbocycles. The summed E-state index contributed by atoms with van der Waals surface area (Å²) in [5.74, 6) is -1.75. The van der Waals surface area contributed by atoms with Crippen LogP contribution in [0.2, 0.25) is 5.02 Å². The highest BCUT2D eigenvalue weighted by molar-refractivity contribution is 6.30. The highest BCUT2D eigenvalue weighted by Gasteiger charge is 2.35. The minimum atomic E-state index is -0.886. The summed E-state index contributed by atoms with van der Waals surface area (Å²) in [6.45, 7) is 0.212. The van der Waals surface area contributed by atoms with Crippen molar-refractivity contribution in [2.45, 2.75) is 44.2 Å². The third-order valence-electron chi connectivity index (χ3n) is 7.22. The quantitative estimate of drug-likeness (QED) is 0.210. The molecule has 1 saturated heterocycles. The number of aromatic amines is 1. The molecule has 1 fully saturated rings. The molecule has 0 radical (unpaired) electrons. The molecule has 2 atom stereocenters. The first kappa shape index (κ1) is 28.3. The van der Waals surface area contributed by atoms with E-state index in [1.807, 2.05) is 12.2 Å². The van der Waals surface area contributed by atoms with Gasteiger partial charge in [0.15, 0.2) is 0 Å². The largest absolute Gasteiger partial charge is 0.469 e. The van der Waals surface area contributed by atoms with Crippen LogP contribution >= 0.6 is 11.6 Å². The zero-order valence-electron chi connectivity index (χ0n) is 22.2. The molecule has 1 aromatic heterocycles. The molecule has 0 unspecified atom stereocenters. The molecule has 0 spiro atoms. The number of hydrogen-bond acceptors (Lipinski definition) is 5. The van der Waals surface area contributed by atoms with Crippen LogP contribution in [0, 0.1) is 11.6 Å². The molecule has 0 aliphatic carbocycles. The number of amides is 3. The lowest BCUT2D eigenvalue weighted by Crippen LogP contribution is -2.49. The fourth-order valence-corrected chi connectivity index (χ4v) is 5.29. The van der Waals surface area contributed by atoms with Gasteiger partial charge in [0.1, 0.15) is 17.5 Å². The van der Waals surface area contributed by atoms with Gasteiger partial charge >= 0.3 is 12.0 Å². The van der Waals surface area contributed by atoms with E-state index < -0.39 is 35.7 Å². The lowest BCUT2D eigenvalue weighted by atomic mass is 9.99. The maximum atomic E-state index is 14.7. The molecule has 3 amide bonds. The Labute approximate surface area is 239 Å². The fourth-order valence-electron chi connectivity index (χ4n) is 5.13. The normalized spacial score (nSPS) is 20.0. The fraction of sp³-hybridized carbons (Fsp3) is 0.310. The van der Waals surface area contributed by atoms with Gasteiger partial charge in [-0.2, -0.15) is 0 Å². The SMILES string of the molecule is COC(=O)Cc1ccc2c(c1)NC(=O)CC/C=C/C[C@H](N1CC[C@H](c3c(F)ccc(Cl)c3F)NC1=O)c1ncc-2[nH]1. The molecular weight excluding hydrogens is 556 g/mol. The molecule has 214 valence electrons. The Bertz CT molecular complexity index is 1520. The molecule has 41 heavy (non-hydrogen) atoms. The predicted molar refractivity (Wildman–Crippen MR) is 148 cm³/mol. The number of ether oxygens (including phenoxy) is 1. The second-order valence-corrected chi connectivity index (χ2v) is 10.3. The van der Waals surface area contributed by atoms with E-state index in [9.17, 15) is 23.2 Å². The van der Waals surface area contributed by atoms with Gasteiger partial charge in [0.2, 0.25) is 5.91 Å². The number of halogens is 3. The van der Waals surface area contributed by atoms with Crippen molar-refractivity contribution in [3.05, 3.63) is 82.3 Å². The molecular formula is C29H28ClF2N5O4. The average Bonchev–Trinajstić information content (AvgIpc) is 3.43. The zero-order chi connectivity index (χ0) is 29.1. The Balaban J connectivity index is 1.44. The number of rotatable bonds is 4. The van der Waals surface area contributed by atoms with E-state index in [1.165, 1.54) is 7.11 Å². The van der Waals surface area contributed by atoms with Crippen molar-refractivity contribution in [3.63, 3.8) is 0 Å². The number of carbonyl (C=O) groups excluding carboxylic acids is 3. The molecule has 5 rings (SSSR count). The van der Waals surface area contributed by atoms with Crippen molar-refractivity contribution in [3.8, 4) is 11.3 Å². The van der Waals surface area contributed by atoms with Crippen molar-refractivity contribution in [1.29, 1.82) is 0 Å². The summed E-state index contributed by atoms with van der Waals surface area (Å²) < 4.78 is 33.9. The third-order valence-corrected chi connectivity index (χ3v) is 7.51. The number of imidazole rings is 1. The second-order valence-electron chi connectivity index (χ2n) is 9.87. The first-order valence-corrected chi connectivity index (χ1v) is 13.5. The number of nitrogens with one attached hydrogen (secondary N) is 3. The minimum Gasteiger partial charge on any atom is -0.469 e. The van der Waals surface area contributed by atoms with Crippen LogP contribution in [0.15, 0.2) is 48.7 Å². The van der Waals surface area contributed by atoms with Crippen LogP contribution in [0.4, 0.5) is 19.3 Å². The van der Waals surface area contributed by atoms with Crippen molar-refractivity contribution in [2.75, 3.05) is 19.0 Å². The molecule has 3 heterocycles. The van der Waals surface area contributed by atoms with Gasteiger partial charge in [-0.15, -0.1) is 0 Å². The number of H-pyrrole nitrogens is 1. The standard InChI is InChI=1S/C29H28ClF2N5O4/c1-41-25(39)14-16-7-8-17-21(13-16)34-24(38)6-4-2-3-5-23(28-33-15-22(17)35-28)37-12-11-20(36-29(37)40)26-19(31)10-9-18(30)27(26)32/h2-3,7-10,13,15,20,23H,4-6,11-12,14H2,1H3,(H,33,35)(H,34,38)(H,36,40)/b3-2+/t20-,23+/m1/s1. The topological polar surface area (TPSA) is 116 Å². The van der Waals surface area contributed by atoms with Crippen LogP contribution in [-0.4, -0.2) is 46.4 Å². The van der Waals surface area contributed by atoms with Crippen LogP contribution < -0.4 is 10.6 Å². The Kier molecular flexibility index (Phi) is 8.34. The predicted octanol–water partition coefficient (Wildman–Crippen LogP) is 5.60. The summed E-state index contributed by atoms with van der Waals surface area (Å²) in [4.78, 5) is 47.2. The average molecular weight is 584 g/mol.